The van der Waals surface area contributed by atoms with Gasteiger partial charge in [-0.15, -0.1) is 0 Å². The maximum atomic E-state index is 13.6. The zero-order chi connectivity index (χ0) is 15.6. The third-order valence-electron chi connectivity index (χ3n) is 2.63. The van der Waals surface area contributed by atoms with Gasteiger partial charge in [-0.1, -0.05) is 0 Å². The highest BCUT2D eigenvalue weighted by atomic mass is 19.2. The number of carboxylic acids is 1. The van der Waals surface area contributed by atoms with Crippen LogP contribution >= 0.6 is 0 Å². The van der Waals surface area contributed by atoms with Crippen molar-refractivity contribution in [1.29, 1.82) is 0 Å². The van der Waals surface area contributed by atoms with Crippen LogP contribution in [0.15, 0.2) is 0 Å². The van der Waals surface area contributed by atoms with Gasteiger partial charge in [0.15, 0.2) is 23.3 Å². The van der Waals surface area contributed by atoms with Crippen molar-refractivity contribution in [3.63, 3.8) is 0 Å². The van der Waals surface area contributed by atoms with E-state index in [1.165, 1.54) is 0 Å². The second-order valence-corrected chi connectivity index (χ2v) is 3.94. The van der Waals surface area contributed by atoms with E-state index >= 15 is 0 Å². The van der Waals surface area contributed by atoms with Crippen molar-refractivity contribution >= 4 is 5.97 Å². The standard InChI is InChI=1S/C11H11F4NO4/c12-6-4(10(18)3(17)1-2-16)7(13)9(15)5(8(6)14)11(19)20/h3,10,17-18H,1-2,16H2,(H,19,20). The summed E-state index contributed by atoms with van der Waals surface area (Å²) in [5.41, 5.74) is 1.76. The molecule has 20 heavy (non-hydrogen) atoms. The number of benzene rings is 1. The van der Waals surface area contributed by atoms with E-state index in [1.807, 2.05) is 0 Å². The second-order valence-electron chi connectivity index (χ2n) is 3.94. The molecule has 9 heteroatoms. The first-order valence-corrected chi connectivity index (χ1v) is 5.39. The molecule has 0 bridgehead atoms. The lowest BCUT2D eigenvalue weighted by atomic mass is 9.98. The second kappa shape index (κ2) is 6.16. The molecule has 0 spiro atoms. The molecular formula is C11H11F4NO4. The van der Waals surface area contributed by atoms with Gasteiger partial charge in [-0.25, -0.2) is 22.4 Å². The number of carbonyl (C=O) groups is 1. The Morgan fingerprint density at radius 2 is 1.50 bits per heavy atom. The molecule has 0 saturated carbocycles. The van der Waals surface area contributed by atoms with Crippen molar-refractivity contribution in [3.05, 3.63) is 34.4 Å². The third kappa shape index (κ3) is 2.74. The maximum Gasteiger partial charge on any atom is 0.341 e. The van der Waals surface area contributed by atoms with E-state index in [1.54, 1.807) is 0 Å². The predicted molar refractivity (Wildman–Crippen MR) is 57.9 cm³/mol. The molecule has 0 heterocycles. The Kier molecular flexibility index (Phi) is 5.03. The SMILES string of the molecule is NCCC(O)C(O)c1c(F)c(F)c(C(=O)O)c(F)c1F. The zero-order valence-corrected chi connectivity index (χ0v) is 9.91. The number of aromatic carboxylic acids is 1. The molecule has 2 unspecified atom stereocenters. The summed E-state index contributed by atoms with van der Waals surface area (Å²) in [6.45, 7) is -0.153. The minimum absolute atomic E-state index is 0.153. The molecular weight excluding hydrogens is 286 g/mol. The van der Waals surface area contributed by atoms with Crippen LogP contribution in [-0.4, -0.2) is 33.9 Å². The number of nitrogens with two attached hydrogens (primary N) is 1. The topological polar surface area (TPSA) is 104 Å². The number of aliphatic hydroxyl groups excluding tert-OH is 2. The number of halogens is 4. The van der Waals surface area contributed by atoms with Crippen molar-refractivity contribution in [1.82, 2.24) is 0 Å². The first kappa shape index (κ1) is 16.3. The van der Waals surface area contributed by atoms with Crippen molar-refractivity contribution in [3.8, 4) is 0 Å². The summed E-state index contributed by atoms with van der Waals surface area (Å²) >= 11 is 0. The minimum Gasteiger partial charge on any atom is -0.477 e. The van der Waals surface area contributed by atoms with Crippen molar-refractivity contribution in [2.45, 2.75) is 18.6 Å². The summed E-state index contributed by atoms with van der Waals surface area (Å²) in [6, 6.07) is 0. The van der Waals surface area contributed by atoms with Gasteiger partial charge in [0.25, 0.3) is 0 Å². The molecule has 0 saturated heterocycles. The summed E-state index contributed by atoms with van der Waals surface area (Å²) in [7, 11) is 0. The summed E-state index contributed by atoms with van der Waals surface area (Å²) in [6.07, 6.45) is -4.34. The number of hydrogen-bond acceptors (Lipinski definition) is 4. The number of hydrogen-bond donors (Lipinski definition) is 4. The molecule has 0 aromatic heterocycles. The summed E-state index contributed by atoms with van der Waals surface area (Å²) in [5, 5.41) is 27.3. The molecule has 0 aliphatic carbocycles. The van der Waals surface area contributed by atoms with Gasteiger partial charge in [-0.2, -0.15) is 0 Å². The lowest BCUT2D eigenvalue weighted by Gasteiger charge is -2.19. The smallest absolute Gasteiger partial charge is 0.341 e. The molecule has 0 aliphatic heterocycles. The highest BCUT2D eigenvalue weighted by Crippen LogP contribution is 2.30. The molecule has 0 fully saturated rings. The fourth-order valence-electron chi connectivity index (χ4n) is 1.62. The van der Waals surface area contributed by atoms with Gasteiger partial charge in [0, 0.05) is 0 Å². The average Bonchev–Trinajstić information content (AvgIpc) is 2.36. The Morgan fingerprint density at radius 3 is 1.85 bits per heavy atom. The highest BCUT2D eigenvalue weighted by molar-refractivity contribution is 5.88. The van der Waals surface area contributed by atoms with Crippen LogP contribution < -0.4 is 5.73 Å². The van der Waals surface area contributed by atoms with E-state index in [4.69, 9.17) is 10.8 Å². The van der Waals surface area contributed by atoms with Gasteiger partial charge in [0.2, 0.25) is 0 Å². The third-order valence-corrected chi connectivity index (χ3v) is 2.63. The van der Waals surface area contributed by atoms with Crippen LogP contribution in [0, 0.1) is 23.3 Å². The van der Waals surface area contributed by atoms with E-state index < -0.39 is 52.6 Å². The molecule has 5 N–H and O–H groups in total. The van der Waals surface area contributed by atoms with Crippen LogP contribution in [0.25, 0.3) is 0 Å². The van der Waals surface area contributed by atoms with Gasteiger partial charge in [0.1, 0.15) is 11.7 Å². The Balaban J connectivity index is 3.47. The Bertz CT molecular complexity index is 509. The average molecular weight is 297 g/mol. The van der Waals surface area contributed by atoms with Gasteiger partial charge >= 0.3 is 5.97 Å². The Hall–Kier alpha value is -1.71. The monoisotopic (exact) mass is 297 g/mol. The van der Waals surface area contributed by atoms with Gasteiger partial charge in [-0.05, 0) is 13.0 Å². The molecule has 112 valence electrons. The summed E-state index contributed by atoms with van der Waals surface area (Å²) in [5.74, 6) is -10.7. The van der Waals surface area contributed by atoms with Crippen molar-refractivity contribution in [2.24, 2.45) is 5.73 Å². The molecule has 2 atom stereocenters. The minimum atomic E-state index is -2.29. The Morgan fingerprint density at radius 1 is 1.05 bits per heavy atom. The van der Waals surface area contributed by atoms with E-state index in [-0.39, 0.29) is 13.0 Å². The van der Waals surface area contributed by atoms with Crippen LogP contribution in [0.2, 0.25) is 0 Å². The van der Waals surface area contributed by atoms with E-state index in [9.17, 15) is 32.6 Å². The summed E-state index contributed by atoms with van der Waals surface area (Å²) < 4.78 is 53.9. The number of carboxylic acid groups (broad SMARTS) is 1. The van der Waals surface area contributed by atoms with Gasteiger partial charge < -0.3 is 21.1 Å². The molecule has 0 amide bonds. The largest absolute Gasteiger partial charge is 0.477 e. The molecule has 1 aromatic rings. The van der Waals surface area contributed by atoms with Crippen LogP contribution in [0.5, 0.6) is 0 Å². The highest BCUT2D eigenvalue weighted by Gasteiger charge is 2.34. The lowest BCUT2D eigenvalue weighted by molar-refractivity contribution is 0.00983. The first-order valence-electron chi connectivity index (χ1n) is 5.39. The van der Waals surface area contributed by atoms with Crippen LogP contribution in [0.3, 0.4) is 0 Å². The number of aliphatic hydroxyl groups is 2. The normalized spacial score (nSPS) is 14.2. The lowest BCUT2D eigenvalue weighted by Crippen LogP contribution is -2.25. The number of rotatable bonds is 5. The van der Waals surface area contributed by atoms with Crippen LogP contribution in [-0.2, 0) is 0 Å². The quantitative estimate of drug-likeness (QED) is 0.473. The molecule has 5 nitrogen and oxygen atoms in total. The van der Waals surface area contributed by atoms with Gasteiger partial charge in [-0.3, -0.25) is 0 Å². The fraction of sp³-hybridized carbons (Fsp3) is 0.364. The van der Waals surface area contributed by atoms with Crippen LogP contribution in [0.1, 0.15) is 28.4 Å². The molecule has 0 radical (unpaired) electrons. The van der Waals surface area contributed by atoms with Crippen molar-refractivity contribution in [2.75, 3.05) is 6.54 Å². The van der Waals surface area contributed by atoms with E-state index in [0.717, 1.165) is 0 Å². The summed E-state index contributed by atoms with van der Waals surface area (Å²) in [4.78, 5) is 10.5. The first-order chi connectivity index (χ1) is 9.23. The Labute approximate surface area is 110 Å². The van der Waals surface area contributed by atoms with Crippen molar-refractivity contribution < 1.29 is 37.7 Å². The fourth-order valence-corrected chi connectivity index (χ4v) is 1.62. The molecule has 1 aromatic carbocycles. The van der Waals surface area contributed by atoms with E-state index in [0.29, 0.717) is 0 Å². The van der Waals surface area contributed by atoms with Crippen LogP contribution in [0.4, 0.5) is 17.6 Å². The molecule has 1 rings (SSSR count). The van der Waals surface area contributed by atoms with E-state index in [2.05, 4.69) is 0 Å². The maximum absolute atomic E-state index is 13.6. The molecule has 0 aliphatic rings. The predicted octanol–water partition coefficient (Wildman–Crippen LogP) is 0.684. The zero-order valence-electron chi connectivity index (χ0n) is 9.91. The van der Waals surface area contributed by atoms with Gasteiger partial charge in [0.05, 0.1) is 11.7 Å².